The Hall–Kier alpha value is -3.01. The summed E-state index contributed by atoms with van der Waals surface area (Å²) < 4.78 is 0. The molecular formula is C17H18N4. The third-order valence-corrected chi connectivity index (χ3v) is 3.09. The minimum atomic E-state index is 0.781. The molecule has 0 aliphatic heterocycles. The summed E-state index contributed by atoms with van der Waals surface area (Å²) in [5.74, 6) is 0. The lowest BCUT2D eigenvalue weighted by atomic mass is 10.1. The molecule has 0 unspecified atom stereocenters. The molecule has 0 radical (unpaired) electrons. The minimum absolute atomic E-state index is 0.781. The van der Waals surface area contributed by atoms with E-state index in [-0.39, 0.29) is 0 Å². The maximum Gasteiger partial charge on any atom is 0.138 e. The zero-order valence-corrected chi connectivity index (χ0v) is 11.7. The van der Waals surface area contributed by atoms with Gasteiger partial charge in [-0.15, -0.1) is 0 Å². The molecule has 4 nitrogen and oxygen atoms in total. The summed E-state index contributed by atoms with van der Waals surface area (Å²) in [6, 6.07) is 3.87. The van der Waals surface area contributed by atoms with Gasteiger partial charge in [0, 0.05) is 29.2 Å². The standard InChI is InChI=1S/C17H18N4/c1-3-4-6-13(10-18)12(2)9-15-14-7-5-8-20-17(14)21-16(15)11-19/h3-11H,1-2,18-19H2,(H,20,21)/b6-4-,13-10+,15-9-,16-11+. The molecule has 0 aliphatic rings. The lowest BCUT2D eigenvalue weighted by molar-refractivity contribution is 1.27. The molecule has 0 saturated heterocycles. The Kier molecular flexibility index (Phi) is 4.41. The highest BCUT2D eigenvalue weighted by Crippen LogP contribution is 2.10. The Morgan fingerprint density at radius 1 is 1.33 bits per heavy atom. The highest BCUT2D eigenvalue weighted by Gasteiger charge is 2.02. The predicted molar refractivity (Wildman–Crippen MR) is 89.2 cm³/mol. The molecular weight excluding hydrogens is 260 g/mol. The van der Waals surface area contributed by atoms with Crippen molar-refractivity contribution >= 4 is 23.3 Å². The van der Waals surface area contributed by atoms with E-state index in [4.69, 9.17) is 11.5 Å². The summed E-state index contributed by atoms with van der Waals surface area (Å²) in [5.41, 5.74) is 13.7. The first-order valence-electron chi connectivity index (χ1n) is 6.48. The summed E-state index contributed by atoms with van der Waals surface area (Å²) in [7, 11) is 0. The van der Waals surface area contributed by atoms with Crippen molar-refractivity contribution in [1.29, 1.82) is 0 Å². The summed E-state index contributed by atoms with van der Waals surface area (Å²) in [5, 5.41) is 2.73. The number of pyridine rings is 1. The molecule has 0 spiro atoms. The maximum absolute atomic E-state index is 5.68. The number of allylic oxidation sites excluding steroid dienone is 5. The molecule has 2 heterocycles. The van der Waals surface area contributed by atoms with Crippen molar-refractivity contribution in [1.82, 2.24) is 9.97 Å². The smallest absolute Gasteiger partial charge is 0.138 e. The summed E-state index contributed by atoms with van der Waals surface area (Å²) in [6.45, 7) is 7.70. The number of nitrogens with two attached hydrogens (primary N) is 2. The molecule has 0 fully saturated rings. The first-order chi connectivity index (χ1) is 10.2. The van der Waals surface area contributed by atoms with Gasteiger partial charge in [0.1, 0.15) is 5.65 Å². The van der Waals surface area contributed by atoms with E-state index in [9.17, 15) is 0 Å². The van der Waals surface area contributed by atoms with Crippen LogP contribution in [0.15, 0.2) is 67.1 Å². The van der Waals surface area contributed by atoms with Gasteiger partial charge in [-0.25, -0.2) is 4.98 Å². The van der Waals surface area contributed by atoms with Crippen LogP contribution in [0.2, 0.25) is 0 Å². The van der Waals surface area contributed by atoms with Gasteiger partial charge >= 0.3 is 0 Å². The van der Waals surface area contributed by atoms with Crippen LogP contribution in [0.25, 0.3) is 23.3 Å². The van der Waals surface area contributed by atoms with Gasteiger partial charge in [-0.05, 0) is 29.4 Å². The monoisotopic (exact) mass is 278 g/mol. The van der Waals surface area contributed by atoms with Crippen molar-refractivity contribution in [2.45, 2.75) is 0 Å². The number of aromatic amines is 1. The van der Waals surface area contributed by atoms with Gasteiger partial charge in [0.2, 0.25) is 0 Å². The Balaban J connectivity index is 2.63. The predicted octanol–water partition coefficient (Wildman–Crippen LogP) is 1.18. The third kappa shape index (κ3) is 2.95. The fourth-order valence-electron chi connectivity index (χ4n) is 2.05. The maximum atomic E-state index is 5.68. The van der Waals surface area contributed by atoms with Crippen LogP contribution in [-0.4, -0.2) is 9.97 Å². The number of fused-ring (bicyclic) bond motifs is 1. The molecule has 2 aromatic heterocycles. The Morgan fingerprint density at radius 2 is 2.14 bits per heavy atom. The third-order valence-electron chi connectivity index (χ3n) is 3.09. The molecule has 0 atom stereocenters. The number of nitrogens with one attached hydrogen (secondary N) is 1. The summed E-state index contributed by atoms with van der Waals surface area (Å²) in [6.07, 6.45) is 12.0. The SMILES string of the molecule is C=C/C=C\C(=C/N)C(=C)/C=c1\c(=C/N)[nH]c2ncccc12. The molecule has 106 valence electrons. The molecule has 0 amide bonds. The van der Waals surface area contributed by atoms with E-state index in [1.54, 1.807) is 12.3 Å². The van der Waals surface area contributed by atoms with E-state index in [1.165, 1.54) is 12.4 Å². The number of H-pyrrole nitrogens is 1. The van der Waals surface area contributed by atoms with Crippen LogP contribution in [0.5, 0.6) is 0 Å². The zero-order valence-electron chi connectivity index (χ0n) is 11.7. The van der Waals surface area contributed by atoms with Crippen LogP contribution in [-0.2, 0) is 0 Å². The minimum Gasteiger partial charge on any atom is -0.404 e. The summed E-state index contributed by atoms with van der Waals surface area (Å²) >= 11 is 0. The second kappa shape index (κ2) is 6.43. The topological polar surface area (TPSA) is 80.7 Å². The van der Waals surface area contributed by atoms with E-state index in [0.717, 1.165) is 32.7 Å². The van der Waals surface area contributed by atoms with Crippen molar-refractivity contribution in [2.75, 3.05) is 0 Å². The van der Waals surface area contributed by atoms with Gasteiger partial charge in [0.25, 0.3) is 0 Å². The number of hydrogen-bond acceptors (Lipinski definition) is 3. The molecule has 0 aliphatic carbocycles. The Labute approximate surface area is 123 Å². The van der Waals surface area contributed by atoms with Gasteiger partial charge in [-0.2, -0.15) is 0 Å². The van der Waals surface area contributed by atoms with Crippen molar-refractivity contribution in [3.63, 3.8) is 0 Å². The van der Waals surface area contributed by atoms with Crippen molar-refractivity contribution in [3.8, 4) is 0 Å². The van der Waals surface area contributed by atoms with E-state index in [1.807, 2.05) is 30.4 Å². The van der Waals surface area contributed by atoms with Crippen LogP contribution in [0, 0.1) is 0 Å². The summed E-state index contributed by atoms with van der Waals surface area (Å²) in [4.78, 5) is 7.46. The highest BCUT2D eigenvalue weighted by atomic mass is 14.8. The normalized spacial score (nSPS) is 14.2. The molecule has 5 N–H and O–H groups in total. The molecule has 0 bridgehead atoms. The van der Waals surface area contributed by atoms with Crippen LogP contribution < -0.4 is 22.0 Å². The van der Waals surface area contributed by atoms with Gasteiger partial charge in [0.05, 0.1) is 5.35 Å². The number of rotatable bonds is 4. The molecule has 0 saturated carbocycles. The number of hydrogen-bond donors (Lipinski definition) is 3. The van der Waals surface area contributed by atoms with Gasteiger partial charge in [-0.3, -0.25) is 0 Å². The van der Waals surface area contributed by atoms with Gasteiger partial charge in [-0.1, -0.05) is 31.4 Å². The van der Waals surface area contributed by atoms with Gasteiger partial charge < -0.3 is 16.5 Å². The van der Waals surface area contributed by atoms with E-state index >= 15 is 0 Å². The van der Waals surface area contributed by atoms with Crippen molar-refractivity contribution in [3.05, 3.63) is 77.6 Å². The fourth-order valence-corrected chi connectivity index (χ4v) is 2.05. The van der Waals surface area contributed by atoms with Crippen molar-refractivity contribution < 1.29 is 0 Å². The number of aromatic nitrogens is 2. The average molecular weight is 278 g/mol. The quantitative estimate of drug-likeness (QED) is 0.735. The number of nitrogens with zero attached hydrogens (tertiary/aromatic N) is 1. The van der Waals surface area contributed by atoms with Gasteiger partial charge in [0.15, 0.2) is 0 Å². The van der Waals surface area contributed by atoms with E-state index < -0.39 is 0 Å². The second-order valence-corrected chi connectivity index (χ2v) is 4.40. The fraction of sp³-hybridized carbons (Fsp3) is 0. The van der Waals surface area contributed by atoms with E-state index in [0.29, 0.717) is 0 Å². The van der Waals surface area contributed by atoms with Crippen molar-refractivity contribution in [2.24, 2.45) is 11.5 Å². The van der Waals surface area contributed by atoms with Crippen LogP contribution in [0.1, 0.15) is 0 Å². The molecule has 2 rings (SSSR count). The zero-order chi connectivity index (χ0) is 15.2. The molecule has 21 heavy (non-hydrogen) atoms. The lowest BCUT2D eigenvalue weighted by Gasteiger charge is -1.99. The average Bonchev–Trinajstić information content (AvgIpc) is 2.86. The Morgan fingerprint density at radius 3 is 2.81 bits per heavy atom. The first-order valence-corrected chi connectivity index (χ1v) is 6.48. The van der Waals surface area contributed by atoms with Crippen LogP contribution >= 0.6 is 0 Å². The first kappa shape index (κ1) is 14.4. The molecule has 2 aromatic rings. The molecule has 4 heteroatoms. The van der Waals surface area contributed by atoms with Crippen LogP contribution in [0.4, 0.5) is 0 Å². The van der Waals surface area contributed by atoms with E-state index in [2.05, 4.69) is 23.1 Å². The lowest BCUT2D eigenvalue weighted by Crippen LogP contribution is -2.24. The second-order valence-electron chi connectivity index (χ2n) is 4.40. The molecule has 0 aromatic carbocycles. The largest absolute Gasteiger partial charge is 0.404 e. The van der Waals surface area contributed by atoms with Crippen LogP contribution in [0.3, 0.4) is 0 Å². The Bertz CT molecular complexity index is 851. The highest BCUT2D eigenvalue weighted by molar-refractivity contribution is 5.79.